The zero-order valence-corrected chi connectivity index (χ0v) is 31.1. The Hall–Kier alpha value is -0.873. The minimum Gasteiger partial charge on any atom is -0.469 e. The van der Waals surface area contributed by atoms with E-state index in [9.17, 15) is 9.59 Å². The predicted octanol–water partition coefficient (Wildman–Crippen LogP) is 9.69. The van der Waals surface area contributed by atoms with Gasteiger partial charge in [-0.3, -0.25) is 9.59 Å². The molecule has 0 saturated carbocycles. The van der Waals surface area contributed by atoms with Crippen molar-refractivity contribution in [1.82, 2.24) is 0 Å². The Labute approximate surface area is 274 Å². The number of carbonyl (C=O) groups excluding carboxylic acids is 2. The van der Waals surface area contributed by atoms with Crippen molar-refractivity contribution >= 4 is 32.0 Å². The summed E-state index contributed by atoms with van der Waals surface area (Å²) in [5.74, 6) is 1.59. The van der Waals surface area contributed by atoms with Gasteiger partial charge in [0, 0.05) is 36.7 Å². The van der Waals surface area contributed by atoms with Gasteiger partial charge in [0.05, 0.1) is 19.3 Å². The van der Waals surface area contributed by atoms with Gasteiger partial charge in [-0.15, -0.1) is 11.8 Å². The summed E-state index contributed by atoms with van der Waals surface area (Å²) in [6, 6.07) is 0. The molecular formula is C35H64O7SSi. The molecule has 1 unspecified atom stereocenters. The number of thioether (sulfide) groups is 1. The maximum Gasteiger partial charge on any atom is 0.310 e. The van der Waals surface area contributed by atoms with Gasteiger partial charge in [0.2, 0.25) is 0 Å². The molecule has 1 aliphatic carbocycles. The van der Waals surface area contributed by atoms with Crippen LogP contribution in [0, 0.1) is 5.92 Å². The zero-order chi connectivity index (χ0) is 32.6. The van der Waals surface area contributed by atoms with Crippen LogP contribution in [0.5, 0.6) is 0 Å². The molecule has 1 aliphatic heterocycles. The second kappa shape index (κ2) is 20.4. The van der Waals surface area contributed by atoms with Gasteiger partial charge < -0.3 is 23.4 Å². The van der Waals surface area contributed by atoms with Crippen molar-refractivity contribution in [2.45, 2.75) is 174 Å². The van der Waals surface area contributed by atoms with E-state index in [1.54, 1.807) is 0 Å². The van der Waals surface area contributed by atoms with Crippen molar-refractivity contribution in [3.63, 3.8) is 0 Å². The summed E-state index contributed by atoms with van der Waals surface area (Å²) in [4.78, 5) is 25.5. The third-order valence-electron chi connectivity index (χ3n) is 9.31. The molecule has 1 fully saturated rings. The van der Waals surface area contributed by atoms with Crippen LogP contribution in [-0.4, -0.2) is 58.2 Å². The van der Waals surface area contributed by atoms with E-state index in [1.807, 2.05) is 18.7 Å². The minimum absolute atomic E-state index is 0.00985. The molecule has 0 amide bonds. The highest BCUT2D eigenvalue weighted by Gasteiger charge is 2.45. The standard InChI is InChI=1S/C35H64O7SSi/c1-9-11-13-19-27(40-33-21-15-16-24-39-33)22-23-28-29(42-44(7,8)35(3,4)5)26-30(41-32(37)18-10-2)34(28)43-25-17-12-14-20-31(36)38-6/h27-29,33H,9-26H2,1-8H3/t27-,28-,29+,33?/m0/s1. The monoisotopic (exact) mass is 656 g/mol. The third kappa shape index (κ3) is 13.9. The first-order chi connectivity index (χ1) is 20.9. The van der Waals surface area contributed by atoms with Crippen molar-refractivity contribution in [3.8, 4) is 0 Å². The number of methoxy groups -OCH3 is 1. The summed E-state index contributed by atoms with van der Waals surface area (Å²) in [7, 11) is -0.637. The number of esters is 2. The van der Waals surface area contributed by atoms with Crippen LogP contribution >= 0.6 is 11.8 Å². The van der Waals surface area contributed by atoms with Gasteiger partial charge >= 0.3 is 11.9 Å². The van der Waals surface area contributed by atoms with Gasteiger partial charge in [-0.1, -0.05) is 60.3 Å². The van der Waals surface area contributed by atoms with E-state index in [1.165, 1.54) is 24.9 Å². The number of hydrogen-bond acceptors (Lipinski definition) is 8. The molecule has 7 nitrogen and oxygen atoms in total. The molecule has 44 heavy (non-hydrogen) atoms. The fourth-order valence-corrected chi connectivity index (χ4v) is 8.30. The fourth-order valence-electron chi connectivity index (χ4n) is 5.60. The summed E-state index contributed by atoms with van der Waals surface area (Å²) in [5.41, 5.74) is 0. The van der Waals surface area contributed by atoms with E-state index in [2.05, 4.69) is 40.8 Å². The van der Waals surface area contributed by atoms with Crippen molar-refractivity contribution in [1.29, 1.82) is 0 Å². The smallest absolute Gasteiger partial charge is 0.310 e. The Morgan fingerprint density at radius 2 is 1.75 bits per heavy atom. The average Bonchev–Trinajstić information content (AvgIpc) is 3.27. The van der Waals surface area contributed by atoms with Crippen molar-refractivity contribution < 1.29 is 33.0 Å². The second-order valence-corrected chi connectivity index (χ2v) is 20.0. The van der Waals surface area contributed by atoms with Crippen LogP contribution in [0.4, 0.5) is 0 Å². The Morgan fingerprint density at radius 3 is 2.39 bits per heavy atom. The molecule has 0 radical (unpaired) electrons. The van der Waals surface area contributed by atoms with Crippen LogP contribution in [-0.2, 0) is 33.0 Å². The van der Waals surface area contributed by atoms with Crippen molar-refractivity contribution in [3.05, 3.63) is 10.7 Å². The van der Waals surface area contributed by atoms with Crippen molar-refractivity contribution in [2.75, 3.05) is 19.5 Å². The maximum atomic E-state index is 12.8. The summed E-state index contributed by atoms with van der Waals surface area (Å²) >= 11 is 1.83. The second-order valence-electron chi connectivity index (χ2n) is 14.1. The topological polar surface area (TPSA) is 80.3 Å². The first kappa shape index (κ1) is 39.3. The highest BCUT2D eigenvalue weighted by molar-refractivity contribution is 8.03. The lowest BCUT2D eigenvalue weighted by molar-refractivity contribution is -0.191. The molecule has 0 N–H and O–H groups in total. The molecule has 2 aliphatic rings. The Balaban J connectivity index is 2.27. The lowest BCUT2D eigenvalue weighted by Gasteiger charge is -2.40. The predicted molar refractivity (Wildman–Crippen MR) is 183 cm³/mol. The fraction of sp³-hybridized carbons (Fsp3) is 0.886. The van der Waals surface area contributed by atoms with Gasteiger partial charge in [-0.05, 0) is 81.7 Å². The van der Waals surface area contributed by atoms with Crippen LogP contribution in [0.2, 0.25) is 18.1 Å². The molecule has 0 spiro atoms. The highest BCUT2D eigenvalue weighted by atomic mass is 32.2. The van der Waals surface area contributed by atoms with Crippen LogP contribution in [0.3, 0.4) is 0 Å². The summed E-state index contributed by atoms with van der Waals surface area (Å²) in [6.45, 7) is 16.5. The van der Waals surface area contributed by atoms with Gasteiger partial charge in [-0.2, -0.15) is 0 Å². The molecule has 256 valence electrons. The van der Waals surface area contributed by atoms with E-state index in [4.69, 9.17) is 23.4 Å². The third-order valence-corrected chi connectivity index (χ3v) is 15.2. The Morgan fingerprint density at radius 1 is 0.977 bits per heavy atom. The van der Waals surface area contributed by atoms with Gasteiger partial charge in [-0.25, -0.2) is 0 Å². The quantitative estimate of drug-likeness (QED) is 0.0686. The lowest BCUT2D eigenvalue weighted by Crippen LogP contribution is -2.45. The Bertz CT molecular complexity index is 879. The molecule has 0 aromatic heterocycles. The van der Waals surface area contributed by atoms with Gasteiger partial charge in [0.1, 0.15) is 5.76 Å². The summed E-state index contributed by atoms with van der Waals surface area (Å²) < 4.78 is 30.6. The molecule has 0 bridgehead atoms. The molecule has 0 aromatic carbocycles. The molecule has 4 atom stereocenters. The van der Waals surface area contributed by atoms with E-state index in [0.29, 0.717) is 19.3 Å². The number of rotatable bonds is 21. The van der Waals surface area contributed by atoms with Crippen LogP contribution in [0.15, 0.2) is 10.7 Å². The lowest BCUT2D eigenvalue weighted by atomic mass is 9.96. The number of hydrogen-bond donors (Lipinski definition) is 0. The molecular weight excluding hydrogens is 593 g/mol. The summed E-state index contributed by atoms with van der Waals surface area (Å²) in [6.07, 6.45) is 14.8. The summed E-state index contributed by atoms with van der Waals surface area (Å²) in [5, 5.41) is 0.0796. The van der Waals surface area contributed by atoms with Crippen molar-refractivity contribution in [2.24, 2.45) is 5.92 Å². The highest BCUT2D eigenvalue weighted by Crippen LogP contribution is 2.48. The molecule has 1 heterocycles. The average molecular weight is 657 g/mol. The molecule has 0 aromatic rings. The van der Waals surface area contributed by atoms with Crippen LogP contribution in [0.25, 0.3) is 0 Å². The first-order valence-corrected chi connectivity index (χ1v) is 21.4. The number of unbranched alkanes of at least 4 members (excludes halogenated alkanes) is 4. The molecule has 9 heteroatoms. The molecule has 2 rings (SSSR count). The van der Waals surface area contributed by atoms with Gasteiger partial charge in [0.15, 0.2) is 14.6 Å². The minimum atomic E-state index is -2.08. The molecule has 1 saturated heterocycles. The Kier molecular flexibility index (Phi) is 18.2. The van der Waals surface area contributed by atoms with E-state index in [0.717, 1.165) is 88.7 Å². The van der Waals surface area contributed by atoms with Crippen LogP contribution < -0.4 is 0 Å². The SMILES string of the molecule is CCCCC[C@@H](CC[C@@H]1C(SCCCCCC(=O)OC)=C(OC(=O)CCC)C[C@H]1O[Si](C)(C)C(C)(C)C)OC1CCCCO1. The van der Waals surface area contributed by atoms with Crippen LogP contribution in [0.1, 0.15) is 137 Å². The number of ether oxygens (including phenoxy) is 4. The van der Waals surface area contributed by atoms with E-state index < -0.39 is 8.32 Å². The largest absolute Gasteiger partial charge is 0.469 e. The normalized spacial score (nSPS) is 21.9. The van der Waals surface area contributed by atoms with Gasteiger partial charge in [0.25, 0.3) is 0 Å². The van der Waals surface area contributed by atoms with E-state index in [-0.39, 0.29) is 41.4 Å². The van der Waals surface area contributed by atoms with E-state index >= 15 is 0 Å². The number of carbonyl (C=O) groups is 2. The first-order valence-electron chi connectivity index (χ1n) is 17.5. The zero-order valence-electron chi connectivity index (χ0n) is 29.3. The maximum absolute atomic E-state index is 12.8.